The highest BCUT2D eigenvalue weighted by atomic mass is 16.5. The van der Waals surface area contributed by atoms with Crippen molar-refractivity contribution in [2.75, 3.05) is 38.2 Å². The molecule has 1 amide bonds. The number of fused-ring (bicyclic) bond motifs is 1. The summed E-state index contributed by atoms with van der Waals surface area (Å²) < 4.78 is 12.8. The van der Waals surface area contributed by atoms with Gasteiger partial charge in [0.25, 0.3) is 11.5 Å². The van der Waals surface area contributed by atoms with Crippen LogP contribution in [0.15, 0.2) is 45.7 Å². The lowest BCUT2D eigenvalue weighted by Gasteiger charge is -2.36. The Morgan fingerprint density at radius 3 is 2.55 bits per heavy atom. The number of nitrogens with zero attached hydrogens (tertiary/aromatic N) is 3. The summed E-state index contributed by atoms with van der Waals surface area (Å²) in [6.45, 7) is 6.72. The van der Waals surface area contributed by atoms with E-state index in [0.717, 1.165) is 11.4 Å². The number of aryl methyl sites for hydroxylation is 2. The summed E-state index contributed by atoms with van der Waals surface area (Å²) in [5, 5.41) is 0.379. The van der Waals surface area contributed by atoms with Crippen LogP contribution in [0.1, 0.15) is 23.0 Å². The quantitative estimate of drug-likeness (QED) is 0.680. The van der Waals surface area contributed by atoms with Crippen LogP contribution in [0.25, 0.3) is 11.0 Å². The second-order valence-corrected chi connectivity index (χ2v) is 7.13. The third-order valence-electron chi connectivity index (χ3n) is 5.54. The van der Waals surface area contributed by atoms with Crippen LogP contribution < -0.4 is 15.2 Å². The van der Waals surface area contributed by atoms with E-state index in [1.807, 2.05) is 31.2 Å². The number of ether oxygens (including phenoxy) is 1. The number of hydrogen-bond acceptors (Lipinski definition) is 5. The standard InChI is InChI=1S/C22H25N3O4/c1-4-23-10-9-18-20(22(23)27)19(15(2)29-18)21(26)25-13-11-24(12-14-25)16-7-5-6-8-17(16)28-3/h5-10H,4,11-14H2,1-3H3. The third kappa shape index (κ3) is 3.26. The molecular formula is C22H25N3O4. The minimum absolute atomic E-state index is 0.146. The van der Waals surface area contributed by atoms with E-state index in [9.17, 15) is 9.59 Å². The van der Waals surface area contributed by atoms with E-state index in [4.69, 9.17) is 9.15 Å². The van der Waals surface area contributed by atoms with Crippen molar-refractivity contribution in [3.63, 3.8) is 0 Å². The minimum Gasteiger partial charge on any atom is -0.495 e. The fraction of sp³-hybridized carbons (Fsp3) is 0.364. The van der Waals surface area contributed by atoms with Gasteiger partial charge in [0.15, 0.2) is 0 Å². The van der Waals surface area contributed by atoms with Gasteiger partial charge in [0.2, 0.25) is 0 Å². The highest BCUT2D eigenvalue weighted by molar-refractivity contribution is 6.07. The molecule has 1 saturated heterocycles. The lowest BCUT2D eigenvalue weighted by Crippen LogP contribution is -2.49. The van der Waals surface area contributed by atoms with Gasteiger partial charge in [-0.2, -0.15) is 0 Å². The number of rotatable bonds is 4. The predicted molar refractivity (Wildman–Crippen MR) is 112 cm³/mol. The number of amides is 1. The van der Waals surface area contributed by atoms with E-state index < -0.39 is 0 Å². The summed E-state index contributed by atoms with van der Waals surface area (Å²) in [7, 11) is 1.66. The van der Waals surface area contributed by atoms with E-state index in [0.29, 0.717) is 55.0 Å². The predicted octanol–water partition coefficient (Wildman–Crippen LogP) is 2.89. The van der Waals surface area contributed by atoms with Crippen molar-refractivity contribution in [2.24, 2.45) is 0 Å². The normalized spacial score (nSPS) is 14.4. The Labute approximate surface area is 169 Å². The van der Waals surface area contributed by atoms with Crippen molar-refractivity contribution in [3.8, 4) is 5.75 Å². The van der Waals surface area contributed by atoms with E-state index >= 15 is 0 Å². The largest absolute Gasteiger partial charge is 0.495 e. The number of aromatic nitrogens is 1. The molecule has 0 N–H and O–H groups in total. The van der Waals surface area contributed by atoms with Crippen LogP contribution in [-0.4, -0.2) is 48.7 Å². The number of hydrogen-bond donors (Lipinski definition) is 0. The zero-order chi connectivity index (χ0) is 20.5. The summed E-state index contributed by atoms with van der Waals surface area (Å²) in [4.78, 5) is 30.1. The fourth-order valence-corrected chi connectivity index (χ4v) is 3.97. The summed E-state index contributed by atoms with van der Waals surface area (Å²) in [6.07, 6.45) is 1.70. The van der Waals surface area contributed by atoms with Gasteiger partial charge in [-0.05, 0) is 32.0 Å². The molecular weight excluding hydrogens is 370 g/mol. The number of piperazine rings is 1. The van der Waals surface area contributed by atoms with Gasteiger partial charge in [0.1, 0.15) is 17.1 Å². The second-order valence-electron chi connectivity index (χ2n) is 7.13. The first kappa shape index (κ1) is 19.1. The average Bonchev–Trinajstić information content (AvgIpc) is 3.10. The second kappa shape index (κ2) is 7.66. The number of pyridine rings is 1. The molecule has 0 aliphatic carbocycles. The SMILES string of the molecule is CCn1ccc2oc(C)c(C(=O)N3CCN(c4ccccc4OC)CC3)c2c1=O. The molecule has 0 spiro atoms. The average molecular weight is 395 g/mol. The Balaban J connectivity index is 1.59. The smallest absolute Gasteiger partial charge is 0.262 e. The minimum atomic E-state index is -0.183. The Morgan fingerprint density at radius 1 is 1.14 bits per heavy atom. The molecule has 4 rings (SSSR count). The molecule has 0 saturated carbocycles. The number of anilines is 1. The monoisotopic (exact) mass is 395 g/mol. The van der Waals surface area contributed by atoms with Gasteiger partial charge in [0, 0.05) is 38.9 Å². The molecule has 2 aromatic heterocycles. The van der Waals surface area contributed by atoms with Crippen molar-refractivity contribution >= 4 is 22.6 Å². The van der Waals surface area contributed by atoms with Crippen LogP contribution in [0.5, 0.6) is 5.75 Å². The lowest BCUT2D eigenvalue weighted by atomic mass is 10.1. The van der Waals surface area contributed by atoms with Crippen LogP contribution >= 0.6 is 0 Å². The Hall–Kier alpha value is -3.22. The first-order valence-electron chi connectivity index (χ1n) is 9.85. The molecule has 0 radical (unpaired) electrons. The maximum atomic E-state index is 13.3. The van der Waals surface area contributed by atoms with Crippen molar-refractivity contribution in [3.05, 3.63) is 58.2 Å². The van der Waals surface area contributed by atoms with Crippen molar-refractivity contribution < 1.29 is 13.9 Å². The van der Waals surface area contributed by atoms with Crippen molar-refractivity contribution in [2.45, 2.75) is 20.4 Å². The van der Waals surface area contributed by atoms with E-state index in [1.54, 1.807) is 35.8 Å². The summed E-state index contributed by atoms with van der Waals surface area (Å²) >= 11 is 0. The molecule has 0 atom stereocenters. The summed E-state index contributed by atoms with van der Waals surface area (Å²) in [5.74, 6) is 1.17. The third-order valence-corrected chi connectivity index (χ3v) is 5.54. The zero-order valence-corrected chi connectivity index (χ0v) is 17.0. The topological polar surface area (TPSA) is 67.9 Å². The molecule has 0 unspecified atom stereocenters. The van der Waals surface area contributed by atoms with Gasteiger partial charge >= 0.3 is 0 Å². The first-order chi connectivity index (χ1) is 14.0. The molecule has 1 aliphatic rings. The van der Waals surface area contributed by atoms with Gasteiger partial charge in [0.05, 0.1) is 23.7 Å². The first-order valence-corrected chi connectivity index (χ1v) is 9.85. The molecule has 152 valence electrons. The van der Waals surface area contributed by atoms with E-state index in [-0.39, 0.29) is 11.5 Å². The van der Waals surface area contributed by atoms with Gasteiger partial charge in [-0.15, -0.1) is 0 Å². The van der Waals surface area contributed by atoms with Gasteiger partial charge < -0.3 is 23.5 Å². The van der Waals surface area contributed by atoms with Gasteiger partial charge in [-0.3, -0.25) is 9.59 Å². The zero-order valence-electron chi connectivity index (χ0n) is 17.0. The summed E-state index contributed by atoms with van der Waals surface area (Å²) in [5.41, 5.74) is 1.70. The van der Waals surface area contributed by atoms with Crippen LogP contribution in [-0.2, 0) is 6.54 Å². The number of para-hydroxylation sites is 2. The highest BCUT2D eigenvalue weighted by Crippen LogP contribution is 2.29. The lowest BCUT2D eigenvalue weighted by molar-refractivity contribution is 0.0746. The van der Waals surface area contributed by atoms with Crippen LogP contribution in [0.3, 0.4) is 0 Å². The molecule has 3 heterocycles. The number of carbonyl (C=O) groups is 1. The van der Waals surface area contributed by atoms with Gasteiger partial charge in [-0.25, -0.2) is 0 Å². The molecule has 29 heavy (non-hydrogen) atoms. The Kier molecular flexibility index (Phi) is 5.05. The van der Waals surface area contributed by atoms with Crippen LogP contribution in [0.4, 0.5) is 5.69 Å². The molecule has 1 aromatic carbocycles. The molecule has 7 nitrogen and oxygen atoms in total. The van der Waals surface area contributed by atoms with Crippen molar-refractivity contribution in [1.29, 1.82) is 0 Å². The fourth-order valence-electron chi connectivity index (χ4n) is 3.97. The van der Waals surface area contributed by atoms with Crippen LogP contribution in [0.2, 0.25) is 0 Å². The van der Waals surface area contributed by atoms with Crippen molar-refractivity contribution in [1.82, 2.24) is 9.47 Å². The van der Waals surface area contributed by atoms with Gasteiger partial charge in [-0.1, -0.05) is 12.1 Å². The number of methoxy groups -OCH3 is 1. The number of carbonyl (C=O) groups excluding carboxylic acids is 1. The molecule has 1 fully saturated rings. The highest BCUT2D eigenvalue weighted by Gasteiger charge is 2.29. The number of benzene rings is 1. The maximum absolute atomic E-state index is 13.3. The van der Waals surface area contributed by atoms with E-state index in [2.05, 4.69) is 4.90 Å². The number of furan rings is 1. The molecule has 1 aliphatic heterocycles. The summed E-state index contributed by atoms with van der Waals surface area (Å²) in [6, 6.07) is 9.64. The molecule has 3 aromatic rings. The van der Waals surface area contributed by atoms with Crippen LogP contribution in [0, 0.1) is 6.92 Å². The Morgan fingerprint density at radius 2 is 1.86 bits per heavy atom. The Bertz CT molecular complexity index is 1110. The molecule has 0 bridgehead atoms. The van der Waals surface area contributed by atoms with E-state index in [1.165, 1.54) is 0 Å². The molecule has 7 heteroatoms. The maximum Gasteiger partial charge on any atom is 0.262 e.